The fourth-order valence-corrected chi connectivity index (χ4v) is 2.63. The number of H-pyrrole nitrogens is 1. The Balaban J connectivity index is 2.31. The molecule has 2 rings (SSSR count). The van der Waals surface area contributed by atoms with Gasteiger partial charge in [0.25, 0.3) is 5.56 Å². The van der Waals surface area contributed by atoms with Crippen LogP contribution in [0.5, 0.6) is 0 Å². The van der Waals surface area contributed by atoms with Crippen molar-refractivity contribution in [2.75, 3.05) is 6.61 Å². The molecule has 0 bridgehead atoms. The van der Waals surface area contributed by atoms with Crippen molar-refractivity contribution in [3.05, 3.63) is 32.6 Å². The zero-order valence-electron chi connectivity index (χ0n) is 16.6. The van der Waals surface area contributed by atoms with Crippen LogP contribution in [0.4, 0.5) is 0 Å². The van der Waals surface area contributed by atoms with E-state index in [2.05, 4.69) is 9.98 Å². The minimum Gasteiger partial charge on any atom is -0.463 e. The van der Waals surface area contributed by atoms with Crippen molar-refractivity contribution >= 4 is 18.2 Å². The molecule has 0 aliphatic carbocycles. The molecule has 1 aromatic heterocycles. The van der Waals surface area contributed by atoms with E-state index < -0.39 is 47.2 Å². The average molecular weight is 395 g/mol. The van der Waals surface area contributed by atoms with Crippen LogP contribution in [0.1, 0.15) is 52.8 Å². The molecule has 1 N–H and O–H groups in total. The van der Waals surface area contributed by atoms with Crippen LogP contribution in [0.2, 0.25) is 0 Å². The molecule has 0 radical (unpaired) electrons. The number of hydrogen-bond donors (Lipinski definition) is 1. The standard InChI is InChI=1S/C18H25N3O7/c1-10(22)26-9-14-13(27-11(2)23)6-15(28-14)21-8-12(7-19-18(3,4)5)16(24)20-17(21)25/h7-8,13-15H,6,9H2,1-5H3,(H,20,24,25)/t13-,14+,15+/m0/s1. The molecule has 154 valence electrons. The average Bonchev–Trinajstić information content (AvgIpc) is 2.93. The normalized spacial score (nSPS) is 22.4. The molecular formula is C18H25N3O7. The van der Waals surface area contributed by atoms with Crippen molar-refractivity contribution in [3.63, 3.8) is 0 Å². The van der Waals surface area contributed by atoms with Gasteiger partial charge in [0.2, 0.25) is 0 Å². The van der Waals surface area contributed by atoms with E-state index in [1.807, 2.05) is 20.8 Å². The first-order valence-corrected chi connectivity index (χ1v) is 8.83. The Labute approximate surface area is 161 Å². The van der Waals surface area contributed by atoms with Gasteiger partial charge < -0.3 is 14.2 Å². The Bertz CT molecular complexity index is 878. The number of nitrogens with zero attached hydrogens (tertiary/aromatic N) is 2. The van der Waals surface area contributed by atoms with Crippen molar-refractivity contribution in [1.29, 1.82) is 0 Å². The summed E-state index contributed by atoms with van der Waals surface area (Å²) < 4.78 is 17.2. The number of carbonyl (C=O) groups excluding carboxylic acids is 2. The van der Waals surface area contributed by atoms with Crippen LogP contribution in [0.25, 0.3) is 0 Å². The van der Waals surface area contributed by atoms with Gasteiger partial charge in [-0.2, -0.15) is 0 Å². The molecule has 1 fully saturated rings. The van der Waals surface area contributed by atoms with Crippen LogP contribution in [0.15, 0.2) is 20.8 Å². The van der Waals surface area contributed by atoms with E-state index in [1.54, 1.807) is 0 Å². The maximum Gasteiger partial charge on any atom is 0.330 e. The Morgan fingerprint density at radius 3 is 2.57 bits per heavy atom. The molecule has 28 heavy (non-hydrogen) atoms. The molecule has 0 spiro atoms. The van der Waals surface area contributed by atoms with Gasteiger partial charge in [-0.3, -0.25) is 28.9 Å². The van der Waals surface area contributed by atoms with Crippen LogP contribution in [-0.4, -0.2) is 52.1 Å². The fraction of sp³-hybridized carbons (Fsp3) is 0.611. The Morgan fingerprint density at radius 1 is 1.32 bits per heavy atom. The second kappa shape index (κ2) is 8.51. The van der Waals surface area contributed by atoms with Gasteiger partial charge in [0.1, 0.15) is 25.0 Å². The second-order valence-corrected chi connectivity index (χ2v) is 7.50. The summed E-state index contributed by atoms with van der Waals surface area (Å²) in [6.07, 6.45) is 0.656. The summed E-state index contributed by atoms with van der Waals surface area (Å²) >= 11 is 0. The van der Waals surface area contributed by atoms with E-state index in [1.165, 1.54) is 30.8 Å². The molecule has 0 saturated carbocycles. The fourth-order valence-electron chi connectivity index (χ4n) is 2.63. The molecule has 1 aromatic rings. The zero-order chi connectivity index (χ0) is 21.1. The van der Waals surface area contributed by atoms with Crippen LogP contribution >= 0.6 is 0 Å². The van der Waals surface area contributed by atoms with Crippen LogP contribution in [0, 0.1) is 0 Å². The first-order chi connectivity index (χ1) is 13.0. The summed E-state index contributed by atoms with van der Waals surface area (Å²) in [5, 5.41) is 0. The Hall–Kier alpha value is -2.75. The molecule has 1 saturated heterocycles. The van der Waals surface area contributed by atoms with Crippen molar-refractivity contribution in [2.24, 2.45) is 4.99 Å². The highest BCUT2D eigenvalue weighted by atomic mass is 16.6. The maximum atomic E-state index is 12.3. The van der Waals surface area contributed by atoms with Gasteiger partial charge in [-0.15, -0.1) is 0 Å². The topological polar surface area (TPSA) is 129 Å². The number of aromatic nitrogens is 2. The van der Waals surface area contributed by atoms with Crippen molar-refractivity contribution in [3.8, 4) is 0 Å². The van der Waals surface area contributed by atoms with Crippen LogP contribution in [0.3, 0.4) is 0 Å². The number of aliphatic imine (C=N–C) groups is 1. The Morgan fingerprint density at radius 2 is 2.00 bits per heavy atom. The van der Waals surface area contributed by atoms with E-state index in [9.17, 15) is 19.2 Å². The number of esters is 2. The molecule has 3 atom stereocenters. The quantitative estimate of drug-likeness (QED) is 0.569. The molecule has 1 aliphatic heterocycles. The first-order valence-electron chi connectivity index (χ1n) is 8.83. The first kappa shape index (κ1) is 21.5. The van der Waals surface area contributed by atoms with Crippen LogP contribution < -0.4 is 11.2 Å². The third-order valence-electron chi connectivity index (χ3n) is 3.85. The largest absolute Gasteiger partial charge is 0.463 e. The molecule has 10 nitrogen and oxygen atoms in total. The lowest BCUT2D eigenvalue weighted by Gasteiger charge is -2.17. The Kier molecular flexibility index (Phi) is 6.55. The molecule has 10 heteroatoms. The lowest BCUT2D eigenvalue weighted by Crippen LogP contribution is -2.34. The van der Waals surface area contributed by atoms with Gasteiger partial charge >= 0.3 is 17.6 Å². The summed E-state index contributed by atoms with van der Waals surface area (Å²) in [6, 6.07) is 0. The van der Waals surface area contributed by atoms with Gasteiger partial charge in [0.05, 0.1) is 11.1 Å². The highest BCUT2D eigenvalue weighted by Gasteiger charge is 2.39. The number of nitrogens with one attached hydrogen (secondary N) is 1. The van der Waals surface area contributed by atoms with Gasteiger partial charge in [-0.1, -0.05) is 0 Å². The van der Waals surface area contributed by atoms with E-state index >= 15 is 0 Å². The van der Waals surface area contributed by atoms with E-state index in [-0.39, 0.29) is 18.6 Å². The summed E-state index contributed by atoms with van der Waals surface area (Å²) in [7, 11) is 0. The molecule has 2 heterocycles. The second-order valence-electron chi connectivity index (χ2n) is 7.50. The zero-order valence-corrected chi connectivity index (χ0v) is 16.6. The highest BCUT2D eigenvalue weighted by Crippen LogP contribution is 2.30. The van der Waals surface area contributed by atoms with Crippen molar-refractivity contribution in [1.82, 2.24) is 9.55 Å². The number of carbonyl (C=O) groups is 2. The summed E-state index contributed by atoms with van der Waals surface area (Å²) in [5.74, 6) is -1.02. The van der Waals surface area contributed by atoms with Gasteiger partial charge in [0, 0.05) is 32.7 Å². The molecule has 1 aliphatic rings. The monoisotopic (exact) mass is 395 g/mol. The molecular weight excluding hydrogens is 370 g/mol. The smallest absolute Gasteiger partial charge is 0.330 e. The number of rotatable bonds is 5. The molecule has 0 unspecified atom stereocenters. The minimum absolute atomic E-state index is 0.125. The van der Waals surface area contributed by atoms with E-state index in [0.29, 0.717) is 0 Å². The lowest BCUT2D eigenvalue weighted by atomic mass is 10.1. The van der Waals surface area contributed by atoms with Crippen molar-refractivity contribution < 1.29 is 23.8 Å². The van der Waals surface area contributed by atoms with Gasteiger partial charge in [0.15, 0.2) is 0 Å². The third-order valence-corrected chi connectivity index (χ3v) is 3.85. The van der Waals surface area contributed by atoms with E-state index in [4.69, 9.17) is 14.2 Å². The number of hydrogen-bond acceptors (Lipinski definition) is 8. The highest BCUT2D eigenvalue weighted by molar-refractivity contribution is 5.78. The predicted octanol–water partition coefficient (Wildman–Crippen LogP) is 0.536. The summed E-state index contributed by atoms with van der Waals surface area (Å²) in [4.78, 5) is 53.3. The number of ether oxygens (including phenoxy) is 3. The van der Waals surface area contributed by atoms with Gasteiger partial charge in [-0.25, -0.2) is 4.79 Å². The maximum absolute atomic E-state index is 12.3. The summed E-state index contributed by atoms with van der Waals surface area (Å²) in [5.41, 5.74) is -1.45. The summed E-state index contributed by atoms with van der Waals surface area (Å²) in [6.45, 7) is 8.00. The van der Waals surface area contributed by atoms with Gasteiger partial charge in [-0.05, 0) is 20.8 Å². The van der Waals surface area contributed by atoms with Crippen LogP contribution in [-0.2, 0) is 23.8 Å². The molecule has 0 amide bonds. The molecule has 0 aromatic carbocycles. The van der Waals surface area contributed by atoms with E-state index in [0.717, 1.165) is 0 Å². The predicted molar refractivity (Wildman–Crippen MR) is 99.4 cm³/mol. The minimum atomic E-state index is -0.809. The third kappa shape index (κ3) is 5.88. The van der Waals surface area contributed by atoms with Crippen molar-refractivity contribution in [2.45, 2.75) is 65.0 Å². The lowest BCUT2D eigenvalue weighted by molar-refractivity contribution is -0.155. The number of aromatic amines is 1. The SMILES string of the molecule is CC(=O)OC[C@H]1O[C@@H](n2cc(C=NC(C)(C)C)c(=O)[nH]c2=O)C[C@@H]1OC(C)=O.